The van der Waals surface area contributed by atoms with E-state index in [1.54, 1.807) is 14.2 Å². The fourth-order valence-corrected chi connectivity index (χ4v) is 5.54. The lowest BCUT2D eigenvalue weighted by atomic mass is 9.86. The second kappa shape index (κ2) is 17.1. The van der Waals surface area contributed by atoms with Crippen LogP contribution in [0.5, 0.6) is 5.75 Å². The maximum Gasteiger partial charge on any atom is 0.163 e. The van der Waals surface area contributed by atoms with E-state index in [-0.39, 0.29) is 42.9 Å². The van der Waals surface area contributed by atoms with Crippen molar-refractivity contribution in [2.24, 2.45) is 11.8 Å². The summed E-state index contributed by atoms with van der Waals surface area (Å²) in [5.74, 6) is 0.364. The van der Waals surface area contributed by atoms with E-state index in [1.165, 1.54) is 0 Å². The number of rotatable bonds is 17. The fraction of sp³-hybridized carbons (Fsp3) is 0.600. The topological polar surface area (TPSA) is 75.6 Å². The largest absolute Gasteiger partial charge is 0.497 e. The Kier molecular flexibility index (Phi) is 14.0. The smallest absolute Gasteiger partial charge is 0.163 e. The molecule has 7 heteroatoms. The van der Waals surface area contributed by atoms with Gasteiger partial charge in [-0.25, -0.2) is 0 Å². The van der Waals surface area contributed by atoms with E-state index in [1.807, 2.05) is 63.2 Å². The molecule has 0 radical (unpaired) electrons. The Labute approximate surface area is 253 Å². The lowest BCUT2D eigenvalue weighted by Gasteiger charge is -2.45. The van der Waals surface area contributed by atoms with E-state index in [4.69, 9.17) is 28.4 Å². The Morgan fingerprint density at radius 2 is 1.64 bits per heavy atom. The molecule has 42 heavy (non-hydrogen) atoms. The molecule has 2 aromatic carbocycles. The summed E-state index contributed by atoms with van der Waals surface area (Å²) >= 11 is 0. The van der Waals surface area contributed by atoms with Crippen LogP contribution in [0.3, 0.4) is 0 Å². The first-order chi connectivity index (χ1) is 20.1. The Balaban J connectivity index is 1.67. The van der Waals surface area contributed by atoms with Crippen molar-refractivity contribution >= 4 is 0 Å². The molecular formula is C35H52O7. The zero-order valence-corrected chi connectivity index (χ0v) is 26.6. The molecule has 6 atom stereocenters. The second-order valence-electron chi connectivity index (χ2n) is 12.0. The van der Waals surface area contributed by atoms with Crippen LogP contribution in [0.25, 0.3) is 0 Å². The van der Waals surface area contributed by atoms with E-state index in [2.05, 4.69) is 32.1 Å². The molecule has 1 fully saturated rings. The van der Waals surface area contributed by atoms with Crippen molar-refractivity contribution in [1.29, 1.82) is 0 Å². The van der Waals surface area contributed by atoms with Gasteiger partial charge in [-0.05, 0) is 50.5 Å². The summed E-state index contributed by atoms with van der Waals surface area (Å²) in [4.78, 5) is 0. The van der Waals surface area contributed by atoms with Gasteiger partial charge in [0.2, 0.25) is 0 Å². The molecule has 0 saturated carbocycles. The normalized spacial score (nSPS) is 21.9. The maximum absolute atomic E-state index is 9.51. The molecule has 7 nitrogen and oxygen atoms in total. The first kappa shape index (κ1) is 34.2. The van der Waals surface area contributed by atoms with Gasteiger partial charge in [0, 0.05) is 38.4 Å². The van der Waals surface area contributed by atoms with Crippen LogP contribution in [0.4, 0.5) is 0 Å². The summed E-state index contributed by atoms with van der Waals surface area (Å²) in [6, 6.07) is 18.2. The van der Waals surface area contributed by atoms with Crippen LogP contribution in [-0.4, -0.2) is 62.7 Å². The highest BCUT2D eigenvalue weighted by molar-refractivity contribution is 5.26. The van der Waals surface area contributed by atoms with Gasteiger partial charge in [-0.3, -0.25) is 0 Å². The first-order valence-corrected chi connectivity index (χ1v) is 15.2. The minimum atomic E-state index is -0.717. The minimum Gasteiger partial charge on any atom is -0.497 e. The summed E-state index contributed by atoms with van der Waals surface area (Å²) in [6.45, 7) is 11.9. The van der Waals surface area contributed by atoms with Crippen LogP contribution in [0.1, 0.15) is 65.0 Å². The van der Waals surface area contributed by atoms with Gasteiger partial charge >= 0.3 is 0 Å². The van der Waals surface area contributed by atoms with E-state index in [0.29, 0.717) is 26.2 Å². The number of aliphatic hydroxyl groups is 1. The molecule has 1 aliphatic rings. The Bertz CT molecular complexity index is 1050. The first-order valence-electron chi connectivity index (χ1n) is 15.2. The van der Waals surface area contributed by atoms with Crippen LogP contribution >= 0.6 is 0 Å². The Morgan fingerprint density at radius 1 is 0.976 bits per heavy atom. The lowest BCUT2D eigenvalue weighted by Crippen LogP contribution is -2.50. The van der Waals surface area contributed by atoms with Crippen molar-refractivity contribution in [3.63, 3.8) is 0 Å². The quantitative estimate of drug-likeness (QED) is 0.164. The predicted molar refractivity (Wildman–Crippen MR) is 165 cm³/mol. The highest BCUT2D eigenvalue weighted by Crippen LogP contribution is 2.36. The summed E-state index contributed by atoms with van der Waals surface area (Å²) in [7, 11) is 3.44. The van der Waals surface area contributed by atoms with Crippen molar-refractivity contribution < 1.29 is 33.5 Å². The molecule has 0 aliphatic carbocycles. The minimum absolute atomic E-state index is 0.0197. The average Bonchev–Trinajstić information content (AvgIpc) is 2.99. The second-order valence-corrected chi connectivity index (χ2v) is 12.0. The third-order valence-corrected chi connectivity index (χ3v) is 8.03. The number of benzene rings is 2. The van der Waals surface area contributed by atoms with E-state index in [0.717, 1.165) is 35.3 Å². The molecule has 2 aromatic rings. The van der Waals surface area contributed by atoms with Crippen molar-refractivity contribution in [3.8, 4) is 5.75 Å². The van der Waals surface area contributed by atoms with Gasteiger partial charge in [0.1, 0.15) is 5.75 Å². The molecule has 0 amide bonds. The van der Waals surface area contributed by atoms with Crippen molar-refractivity contribution in [2.75, 3.05) is 27.4 Å². The van der Waals surface area contributed by atoms with Crippen LogP contribution in [0.15, 0.2) is 66.2 Å². The van der Waals surface area contributed by atoms with Gasteiger partial charge in [-0.1, -0.05) is 68.0 Å². The van der Waals surface area contributed by atoms with Gasteiger partial charge in [0.05, 0.1) is 51.3 Å². The molecule has 0 unspecified atom stereocenters. The average molecular weight is 585 g/mol. The molecule has 0 aromatic heterocycles. The molecule has 1 aliphatic heterocycles. The number of ether oxygens (including phenoxy) is 6. The molecule has 0 spiro atoms. The maximum atomic E-state index is 9.51. The highest BCUT2D eigenvalue weighted by atomic mass is 16.7. The number of aliphatic hydroxyl groups excluding tert-OH is 1. The molecule has 3 rings (SSSR count). The van der Waals surface area contributed by atoms with Gasteiger partial charge in [0.25, 0.3) is 0 Å². The van der Waals surface area contributed by atoms with Gasteiger partial charge < -0.3 is 33.5 Å². The molecular weight excluding hydrogens is 532 g/mol. The van der Waals surface area contributed by atoms with Crippen molar-refractivity contribution in [3.05, 3.63) is 77.4 Å². The standard InChI is InChI=1S/C35H52O7/c1-25(22-36)19-26(2)32-21-34(42-35(4,5)41-32)27(3)33(38-7)20-31(17-18-39-23-28-11-9-8-10-12-28)40-24-29-13-15-30(37-6)16-14-29/h8-16,19,26-27,31-34,36H,17-18,20-24H2,1-7H3/b25-19+/t26-,27-,31+,32-,33+,34+/m1/s1. The summed E-state index contributed by atoms with van der Waals surface area (Å²) in [5.41, 5.74) is 3.19. The molecule has 1 heterocycles. The molecule has 1 saturated heterocycles. The third kappa shape index (κ3) is 11.1. The number of methoxy groups -OCH3 is 2. The van der Waals surface area contributed by atoms with E-state index < -0.39 is 5.79 Å². The SMILES string of the molecule is COc1ccc(CO[C@@H](CCOCc2ccccc2)C[C@H](OC)[C@@H](C)[C@@H]2C[C@H]([C@H](C)/C=C(\C)CO)OC(C)(C)O2)cc1. The fourth-order valence-electron chi connectivity index (χ4n) is 5.54. The van der Waals surface area contributed by atoms with Crippen LogP contribution in [-0.2, 0) is 36.9 Å². The Hall–Kier alpha value is -2.26. The summed E-state index contributed by atoms with van der Waals surface area (Å²) in [6.07, 6.45) is 4.10. The highest BCUT2D eigenvalue weighted by Gasteiger charge is 2.41. The zero-order chi connectivity index (χ0) is 30.5. The monoisotopic (exact) mass is 584 g/mol. The van der Waals surface area contributed by atoms with Gasteiger partial charge in [-0.15, -0.1) is 0 Å². The van der Waals surface area contributed by atoms with Crippen LogP contribution in [0.2, 0.25) is 0 Å². The van der Waals surface area contributed by atoms with Crippen LogP contribution in [0, 0.1) is 11.8 Å². The van der Waals surface area contributed by atoms with Crippen LogP contribution < -0.4 is 4.74 Å². The lowest BCUT2D eigenvalue weighted by molar-refractivity contribution is -0.316. The van der Waals surface area contributed by atoms with E-state index >= 15 is 0 Å². The van der Waals surface area contributed by atoms with Gasteiger partial charge in [-0.2, -0.15) is 0 Å². The van der Waals surface area contributed by atoms with E-state index in [9.17, 15) is 5.11 Å². The molecule has 234 valence electrons. The molecule has 0 bridgehead atoms. The van der Waals surface area contributed by atoms with Crippen molar-refractivity contribution in [2.45, 2.75) is 97.3 Å². The zero-order valence-electron chi connectivity index (χ0n) is 26.6. The summed E-state index contributed by atoms with van der Waals surface area (Å²) < 4.78 is 36.7. The summed E-state index contributed by atoms with van der Waals surface area (Å²) in [5, 5.41) is 9.51. The van der Waals surface area contributed by atoms with Gasteiger partial charge in [0.15, 0.2) is 5.79 Å². The predicted octanol–water partition coefficient (Wildman–Crippen LogP) is 6.71. The Morgan fingerprint density at radius 3 is 2.29 bits per heavy atom. The molecule has 1 N–H and O–H groups in total. The van der Waals surface area contributed by atoms with Crippen molar-refractivity contribution in [1.82, 2.24) is 0 Å². The number of hydrogen-bond donors (Lipinski definition) is 1. The third-order valence-electron chi connectivity index (χ3n) is 8.03. The number of hydrogen-bond acceptors (Lipinski definition) is 7.